The molecule has 2 unspecified atom stereocenters. The topological polar surface area (TPSA) is 108 Å². The number of hydrogen-bond acceptors (Lipinski definition) is 7. The van der Waals surface area contributed by atoms with E-state index in [1.54, 1.807) is 23.1 Å². The first-order valence-electron chi connectivity index (χ1n) is 9.25. The molecule has 0 bridgehead atoms. The number of nitrogens with zero attached hydrogens (tertiary/aromatic N) is 3. The van der Waals surface area contributed by atoms with Gasteiger partial charge in [-0.15, -0.1) is 0 Å². The van der Waals surface area contributed by atoms with Gasteiger partial charge in [0, 0.05) is 25.4 Å². The molecule has 0 aliphatic carbocycles. The zero-order valence-electron chi connectivity index (χ0n) is 15.8. The second-order valence-electron chi connectivity index (χ2n) is 6.82. The molecule has 30 heavy (non-hydrogen) atoms. The van der Waals surface area contributed by atoms with Gasteiger partial charge in [-0.05, 0) is 42.5 Å². The Hall–Kier alpha value is -3.56. The first kappa shape index (κ1) is 19.7. The molecule has 3 aromatic rings. The molecule has 4 rings (SSSR count). The van der Waals surface area contributed by atoms with E-state index in [1.807, 2.05) is 0 Å². The SMILES string of the molecule is O=C(Nc1ccc(Oc2ccc(F)cc2)cc1N1CC(O)C(O)C1)c1ccncn1. The largest absolute Gasteiger partial charge is 0.457 e. The standard InChI is InChI=1S/C21H19FN4O4/c22-13-1-3-14(4-2-13)30-15-5-6-16(25-21(29)17-7-8-23-12-24-17)18(9-15)26-10-19(27)20(28)11-26/h1-9,12,19-20,27-28H,10-11H2,(H,25,29). The number of amides is 1. The average Bonchev–Trinajstić information content (AvgIpc) is 3.09. The van der Waals surface area contributed by atoms with Gasteiger partial charge in [0.1, 0.15) is 29.3 Å². The van der Waals surface area contributed by atoms with Crippen molar-refractivity contribution in [1.29, 1.82) is 0 Å². The molecule has 0 spiro atoms. The van der Waals surface area contributed by atoms with Crippen LogP contribution < -0.4 is 15.0 Å². The number of carbonyl (C=O) groups excluding carboxylic acids is 1. The van der Waals surface area contributed by atoms with Crippen LogP contribution in [0.25, 0.3) is 0 Å². The quantitative estimate of drug-likeness (QED) is 0.592. The maximum atomic E-state index is 13.1. The van der Waals surface area contributed by atoms with Gasteiger partial charge < -0.3 is 25.2 Å². The summed E-state index contributed by atoms with van der Waals surface area (Å²) in [6.45, 7) is 0.384. The highest BCUT2D eigenvalue weighted by Crippen LogP contribution is 2.35. The molecule has 8 nitrogen and oxygen atoms in total. The molecule has 3 N–H and O–H groups in total. The lowest BCUT2D eigenvalue weighted by atomic mass is 10.2. The molecule has 1 fully saturated rings. The highest BCUT2D eigenvalue weighted by Gasteiger charge is 2.31. The van der Waals surface area contributed by atoms with E-state index in [-0.39, 0.29) is 24.6 Å². The molecule has 1 aliphatic heterocycles. The van der Waals surface area contributed by atoms with Crippen molar-refractivity contribution in [2.45, 2.75) is 12.2 Å². The molecular weight excluding hydrogens is 391 g/mol. The number of aliphatic hydroxyl groups is 2. The fourth-order valence-corrected chi connectivity index (χ4v) is 3.16. The number of nitrogens with one attached hydrogen (secondary N) is 1. The predicted molar refractivity (Wildman–Crippen MR) is 107 cm³/mol. The fourth-order valence-electron chi connectivity index (χ4n) is 3.16. The average molecular weight is 410 g/mol. The molecular formula is C21H19FN4O4. The monoisotopic (exact) mass is 410 g/mol. The normalized spacial score (nSPS) is 18.3. The van der Waals surface area contributed by atoms with Gasteiger partial charge in [-0.3, -0.25) is 4.79 Å². The van der Waals surface area contributed by atoms with Crippen LogP contribution in [-0.4, -0.2) is 51.4 Å². The van der Waals surface area contributed by atoms with E-state index in [0.717, 1.165) is 0 Å². The van der Waals surface area contributed by atoms with Gasteiger partial charge in [0.2, 0.25) is 0 Å². The van der Waals surface area contributed by atoms with Crippen LogP contribution in [0.2, 0.25) is 0 Å². The first-order valence-corrected chi connectivity index (χ1v) is 9.25. The number of rotatable bonds is 5. The number of β-amino-alcohol motifs (C(OH)–C–C–N with tert-alkyl or cyclic N) is 2. The van der Waals surface area contributed by atoms with Crippen LogP contribution in [0, 0.1) is 5.82 Å². The Kier molecular flexibility index (Phi) is 5.55. The van der Waals surface area contributed by atoms with Gasteiger partial charge in [0.05, 0.1) is 23.6 Å². The third-order valence-corrected chi connectivity index (χ3v) is 4.68. The molecule has 1 aromatic heterocycles. The van der Waals surface area contributed by atoms with E-state index < -0.39 is 18.1 Å². The number of halogens is 1. The molecule has 154 valence electrons. The van der Waals surface area contributed by atoms with Crippen LogP contribution in [0.1, 0.15) is 10.5 Å². The minimum Gasteiger partial charge on any atom is -0.457 e. The van der Waals surface area contributed by atoms with Crippen LogP contribution in [0.5, 0.6) is 11.5 Å². The predicted octanol–water partition coefficient (Wildman–Crippen LogP) is 2.20. The van der Waals surface area contributed by atoms with E-state index >= 15 is 0 Å². The maximum absolute atomic E-state index is 13.1. The second-order valence-corrected chi connectivity index (χ2v) is 6.82. The summed E-state index contributed by atoms with van der Waals surface area (Å²) in [6.07, 6.45) is 0.937. The third kappa shape index (κ3) is 4.37. The molecule has 1 aliphatic rings. The van der Waals surface area contributed by atoms with Gasteiger partial charge in [-0.2, -0.15) is 0 Å². The van der Waals surface area contributed by atoms with Gasteiger partial charge in [0.25, 0.3) is 5.91 Å². The molecule has 0 saturated carbocycles. The zero-order valence-corrected chi connectivity index (χ0v) is 15.8. The molecule has 0 radical (unpaired) electrons. The van der Waals surface area contributed by atoms with E-state index in [0.29, 0.717) is 22.9 Å². The summed E-state index contributed by atoms with van der Waals surface area (Å²) in [5, 5.41) is 22.7. The van der Waals surface area contributed by atoms with Crippen molar-refractivity contribution >= 4 is 17.3 Å². The zero-order chi connectivity index (χ0) is 21.1. The Morgan fingerprint density at radius 1 is 1.07 bits per heavy atom. The highest BCUT2D eigenvalue weighted by molar-refractivity contribution is 6.04. The van der Waals surface area contributed by atoms with Gasteiger partial charge in [0.15, 0.2) is 0 Å². The Labute approximate surface area is 171 Å². The minimum atomic E-state index is -0.905. The summed E-state index contributed by atoms with van der Waals surface area (Å²) in [5.41, 5.74) is 1.23. The second kappa shape index (κ2) is 8.44. The Bertz CT molecular complexity index is 1020. The van der Waals surface area contributed by atoms with Gasteiger partial charge >= 0.3 is 0 Å². The number of ether oxygens (including phenoxy) is 1. The van der Waals surface area contributed by atoms with Crippen LogP contribution in [-0.2, 0) is 0 Å². The number of anilines is 2. The van der Waals surface area contributed by atoms with Crippen LogP contribution >= 0.6 is 0 Å². The highest BCUT2D eigenvalue weighted by atomic mass is 19.1. The van der Waals surface area contributed by atoms with Crippen LogP contribution in [0.3, 0.4) is 0 Å². The molecule has 1 saturated heterocycles. The Morgan fingerprint density at radius 2 is 1.77 bits per heavy atom. The summed E-state index contributed by atoms with van der Waals surface area (Å²) in [6, 6.07) is 12.1. The summed E-state index contributed by atoms with van der Waals surface area (Å²) in [4.78, 5) is 22.0. The smallest absolute Gasteiger partial charge is 0.274 e. The summed E-state index contributed by atoms with van der Waals surface area (Å²) in [7, 11) is 0. The van der Waals surface area contributed by atoms with Gasteiger partial charge in [-0.25, -0.2) is 14.4 Å². The van der Waals surface area contributed by atoms with Crippen molar-refractivity contribution in [3.63, 3.8) is 0 Å². The van der Waals surface area contributed by atoms with Crippen molar-refractivity contribution in [3.05, 3.63) is 72.6 Å². The van der Waals surface area contributed by atoms with Gasteiger partial charge in [-0.1, -0.05) is 0 Å². The molecule has 2 aromatic carbocycles. The first-order chi connectivity index (χ1) is 14.5. The molecule has 1 amide bonds. The third-order valence-electron chi connectivity index (χ3n) is 4.68. The Morgan fingerprint density at radius 3 is 2.43 bits per heavy atom. The summed E-state index contributed by atoms with van der Waals surface area (Å²) in [5.74, 6) is 0.103. The summed E-state index contributed by atoms with van der Waals surface area (Å²) < 4.78 is 18.9. The lowest BCUT2D eigenvalue weighted by molar-refractivity contribution is 0.0572. The van der Waals surface area contributed by atoms with E-state index in [1.165, 1.54) is 42.9 Å². The number of benzene rings is 2. The van der Waals surface area contributed by atoms with Crippen LogP contribution in [0.4, 0.5) is 15.8 Å². The molecule has 2 heterocycles. The summed E-state index contributed by atoms with van der Waals surface area (Å²) >= 11 is 0. The molecule has 9 heteroatoms. The fraction of sp³-hybridized carbons (Fsp3) is 0.190. The Balaban J connectivity index is 1.63. The lowest BCUT2D eigenvalue weighted by Gasteiger charge is -2.22. The van der Waals surface area contributed by atoms with Crippen molar-refractivity contribution < 1.29 is 24.1 Å². The number of hydrogen-bond donors (Lipinski definition) is 3. The number of aliphatic hydroxyl groups excluding tert-OH is 2. The van der Waals surface area contributed by atoms with Crippen molar-refractivity contribution in [2.75, 3.05) is 23.3 Å². The van der Waals surface area contributed by atoms with Crippen molar-refractivity contribution in [3.8, 4) is 11.5 Å². The van der Waals surface area contributed by atoms with Crippen LogP contribution in [0.15, 0.2) is 61.1 Å². The lowest BCUT2D eigenvalue weighted by Crippen LogP contribution is -2.23. The molecule has 2 atom stereocenters. The maximum Gasteiger partial charge on any atom is 0.274 e. The van der Waals surface area contributed by atoms with E-state index in [2.05, 4.69) is 15.3 Å². The minimum absolute atomic E-state index is 0.192. The van der Waals surface area contributed by atoms with E-state index in [9.17, 15) is 19.4 Å². The number of aromatic nitrogens is 2. The van der Waals surface area contributed by atoms with Crippen molar-refractivity contribution in [1.82, 2.24) is 9.97 Å². The number of carbonyl (C=O) groups is 1. The van der Waals surface area contributed by atoms with Crippen molar-refractivity contribution in [2.24, 2.45) is 0 Å². The van der Waals surface area contributed by atoms with E-state index in [4.69, 9.17) is 4.74 Å².